The molecule has 0 bridgehead atoms. The fourth-order valence-electron chi connectivity index (χ4n) is 2.50. The van der Waals surface area contributed by atoms with Gasteiger partial charge in [0.15, 0.2) is 11.0 Å². The van der Waals surface area contributed by atoms with Crippen molar-refractivity contribution in [1.82, 2.24) is 14.8 Å². The van der Waals surface area contributed by atoms with Crippen molar-refractivity contribution < 1.29 is 8.42 Å². The van der Waals surface area contributed by atoms with E-state index in [4.69, 9.17) is 16.7 Å². The van der Waals surface area contributed by atoms with Gasteiger partial charge in [-0.25, -0.2) is 13.6 Å². The molecule has 0 radical (unpaired) electrons. The number of benzene rings is 2. The van der Waals surface area contributed by atoms with Gasteiger partial charge in [0.05, 0.1) is 5.75 Å². The Kier molecular flexibility index (Phi) is 6.21. The third kappa shape index (κ3) is 5.32. The first-order chi connectivity index (χ1) is 12.8. The number of hydrogen-bond acceptors (Lipinski definition) is 5. The number of nitrogens with zero attached hydrogens (tertiary/aromatic N) is 3. The zero-order chi connectivity index (χ0) is 19.4. The first-order valence-electron chi connectivity index (χ1n) is 8.25. The summed E-state index contributed by atoms with van der Waals surface area (Å²) in [6, 6.07) is 15.5. The quantitative estimate of drug-likeness (QED) is 0.463. The van der Waals surface area contributed by atoms with E-state index in [0.29, 0.717) is 28.2 Å². The molecule has 142 valence electrons. The van der Waals surface area contributed by atoms with E-state index in [0.717, 1.165) is 16.8 Å². The van der Waals surface area contributed by atoms with E-state index in [-0.39, 0.29) is 5.75 Å². The standard InChI is InChI=1S/C18H19ClN4O2S2/c1-13-3-5-14(6-4-13)17-21-22-18(26-11-2-12-27(20,24)25)23(17)16-9-7-15(19)8-10-16/h3-10H,2,11-12H2,1H3,(H2,20,24,25). The second kappa shape index (κ2) is 8.43. The monoisotopic (exact) mass is 422 g/mol. The maximum atomic E-state index is 11.1. The van der Waals surface area contributed by atoms with E-state index in [9.17, 15) is 8.42 Å². The van der Waals surface area contributed by atoms with Crippen LogP contribution in [0.15, 0.2) is 53.7 Å². The largest absolute Gasteiger partial charge is 0.270 e. The van der Waals surface area contributed by atoms with Crippen molar-refractivity contribution in [2.45, 2.75) is 18.5 Å². The fraction of sp³-hybridized carbons (Fsp3) is 0.222. The first kappa shape index (κ1) is 19.9. The van der Waals surface area contributed by atoms with Gasteiger partial charge in [0.1, 0.15) is 0 Å². The summed E-state index contributed by atoms with van der Waals surface area (Å²) in [5.74, 6) is 1.22. The number of thioether (sulfide) groups is 1. The molecule has 3 rings (SSSR count). The number of rotatable bonds is 7. The van der Waals surface area contributed by atoms with Crippen molar-refractivity contribution in [3.63, 3.8) is 0 Å². The maximum Gasteiger partial charge on any atom is 0.209 e. The van der Waals surface area contributed by atoms with Gasteiger partial charge in [-0.2, -0.15) is 0 Å². The molecule has 0 fully saturated rings. The highest BCUT2D eigenvalue weighted by Gasteiger charge is 2.16. The first-order valence-corrected chi connectivity index (χ1v) is 11.3. The molecule has 27 heavy (non-hydrogen) atoms. The molecular formula is C18H19ClN4O2S2. The lowest BCUT2D eigenvalue weighted by molar-refractivity contribution is 0.596. The van der Waals surface area contributed by atoms with Gasteiger partial charge in [-0.1, -0.05) is 53.2 Å². The highest BCUT2D eigenvalue weighted by molar-refractivity contribution is 7.99. The van der Waals surface area contributed by atoms with Crippen LogP contribution in [0.2, 0.25) is 5.02 Å². The molecule has 3 aromatic rings. The lowest BCUT2D eigenvalue weighted by Gasteiger charge is -2.10. The summed E-state index contributed by atoms with van der Waals surface area (Å²) < 4.78 is 24.2. The van der Waals surface area contributed by atoms with Crippen molar-refractivity contribution >= 4 is 33.4 Å². The summed E-state index contributed by atoms with van der Waals surface area (Å²) >= 11 is 7.46. The third-order valence-corrected chi connectivity index (χ3v) is 5.96. The van der Waals surface area contributed by atoms with Gasteiger partial charge in [-0.05, 0) is 37.6 Å². The minimum atomic E-state index is -3.46. The van der Waals surface area contributed by atoms with Crippen molar-refractivity contribution in [3.05, 3.63) is 59.1 Å². The lowest BCUT2D eigenvalue weighted by atomic mass is 10.1. The van der Waals surface area contributed by atoms with E-state index >= 15 is 0 Å². The van der Waals surface area contributed by atoms with Crippen LogP contribution in [0.5, 0.6) is 0 Å². The second-order valence-electron chi connectivity index (χ2n) is 6.05. The lowest BCUT2D eigenvalue weighted by Crippen LogP contribution is -2.16. The molecule has 2 aromatic carbocycles. The molecule has 0 aliphatic carbocycles. The molecule has 0 unspecified atom stereocenters. The Labute approximate surface area is 167 Å². The summed E-state index contributed by atoms with van der Waals surface area (Å²) in [7, 11) is -3.46. The summed E-state index contributed by atoms with van der Waals surface area (Å²) in [6.07, 6.45) is 0.441. The van der Waals surface area contributed by atoms with Gasteiger partial charge < -0.3 is 0 Å². The Balaban J connectivity index is 1.93. The average Bonchev–Trinajstić information content (AvgIpc) is 3.03. The minimum absolute atomic E-state index is 0.0557. The topological polar surface area (TPSA) is 90.9 Å². The van der Waals surface area contributed by atoms with E-state index in [2.05, 4.69) is 10.2 Å². The molecule has 0 aliphatic heterocycles. The Morgan fingerprint density at radius 3 is 2.37 bits per heavy atom. The SMILES string of the molecule is Cc1ccc(-c2nnc(SCCCS(N)(=O)=O)n2-c2ccc(Cl)cc2)cc1. The number of aromatic nitrogens is 3. The van der Waals surface area contributed by atoms with Gasteiger partial charge in [0.25, 0.3) is 0 Å². The zero-order valence-corrected chi connectivity index (χ0v) is 17.1. The number of sulfonamides is 1. The van der Waals surface area contributed by atoms with Crippen LogP contribution < -0.4 is 5.14 Å². The van der Waals surface area contributed by atoms with Crippen LogP contribution in [0.3, 0.4) is 0 Å². The van der Waals surface area contributed by atoms with E-state index in [1.54, 1.807) is 0 Å². The number of nitrogens with two attached hydrogens (primary N) is 1. The molecule has 2 N–H and O–H groups in total. The zero-order valence-electron chi connectivity index (χ0n) is 14.7. The molecule has 1 heterocycles. The van der Waals surface area contributed by atoms with E-state index < -0.39 is 10.0 Å². The molecule has 0 saturated carbocycles. The van der Waals surface area contributed by atoms with Gasteiger partial charge in [-0.3, -0.25) is 4.57 Å². The predicted molar refractivity (Wildman–Crippen MR) is 110 cm³/mol. The van der Waals surface area contributed by atoms with Crippen LogP contribution in [0.1, 0.15) is 12.0 Å². The van der Waals surface area contributed by atoms with Crippen LogP contribution in [-0.2, 0) is 10.0 Å². The Hall–Kier alpha value is -1.87. The van der Waals surface area contributed by atoms with E-state index in [1.165, 1.54) is 11.8 Å². The fourth-order valence-corrected chi connectivity index (χ4v) is 4.25. The van der Waals surface area contributed by atoms with Crippen LogP contribution in [0.4, 0.5) is 0 Å². The van der Waals surface area contributed by atoms with Gasteiger partial charge in [-0.15, -0.1) is 10.2 Å². The second-order valence-corrected chi connectivity index (χ2v) is 9.29. The highest BCUT2D eigenvalue weighted by Crippen LogP contribution is 2.29. The van der Waals surface area contributed by atoms with Gasteiger partial charge in [0.2, 0.25) is 10.0 Å². The van der Waals surface area contributed by atoms with Gasteiger partial charge in [0, 0.05) is 22.0 Å². The Morgan fingerprint density at radius 1 is 1.07 bits per heavy atom. The molecule has 1 aromatic heterocycles. The molecule has 0 aliphatic rings. The molecule has 0 spiro atoms. The van der Waals surface area contributed by atoms with Crippen molar-refractivity contribution in [3.8, 4) is 17.1 Å². The molecule has 0 saturated heterocycles. The Bertz CT molecular complexity index is 1020. The number of halogens is 1. The maximum absolute atomic E-state index is 11.1. The number of hydrogen-bond donors (Lipinski definition) is 1. The van der Waals surface area contributed by atoms with E-state index in [1.807, 2.05) is 60.0 Å². The molecule has 9 heteroatoms. The van der Waals surface area contributed by atoms with Crippen LogP contribution in [-0.4, -0.2) is 34.7 Å². The summed E-state index contributed by atoms with van der Waals surface area (Å²) in [4.78, 5) is 0. The summed E-state index contributed by atoms with van der Waals surface area (Å²) in [5, 5.41) is 15.1. The highest BCUT2D eigenvalue weighted by atomic mass is 35.5. The van der Waals surface area contributed by atoms with Crippen LogP contribution in [0.25, 0.3) is 17.1 Å². The Morgan fingerprint density at radius 2 is 1.74 bits per heavy atom. The molecular weight excluding hydrogens is 404 g/mol. The van der Waals surface area contributed by atoms with Crippen molar-refractivity contribution in [1.29, 1.82) is 0 Å². The number of primary sulfonamides is 1. The number of aryl methyl sites for hydroxylation is 1. The summed E-state index contributed by atoms with van der Waals surface area (Å²) in [5.41, 5.74) is 2.99. The predicted octanol–water partition coefficient (Wildman–Crippen LogP) is 3.67. The minimum Gasteiger partial charge on any atom is -0.270 e. The van der Waals surface area contributed by atoms with Crippen LogP contribution in [0, 0.1) is 6.92 Å². The average molecular weight is 423 g/mol. The normalized spacial score (nSPS) is 11.7. The van der Waals surface area contributed by atoms with Gasteiger partial charge >= 0.3 is 0 Å². The summed E-state index contributed by atoms with van der Waals surface area (Å²) in [6.45, 7) is 2.03. The third-order valence-electron chi connectivity index (χ3n) is 3.83. The van der Waals surface area contributed by atoms with Crippen molar-refractivity contribution in [2.24, 2.45) is 5.14 Å². The molecule has 0 amide bonds. The van der Waals surface area contributed by atoms with Crippen molar-refractivity contribution in [2.75, 3.05) is 11.5 Å². The smallest absolute Gasteiger partial charge is 0.209 e. The van der Waals surface area contributed by atoms with Crippen LogP contribution >= 0.6 is 23.4 Å². The molecule has 6 nitrogen and oxygen atoms in total. The molecule has 0 atom stereocenters.